The molecule has 0 saturated carbocycles. The first kappa shape index (κ1) is 25.9. The maximum atomic E-state index is 12.8. The molecule has 0 fully saturated rings. The summed E-state index contributed by atoms with van der Waals surface area (Å²) in [5.41, 5.74) is -2.59. The normalized spacial score (nSPS) is 13.1. The number of amides is 2. The summed E-state index contributed by atoms with van der Waals surface area (Å²) < 4.78 is 38.5. The van der Waals surface area contributed by atoms with Crippen LogP contribution in [0.4, 0.5) is 24.5 Å². The van der Waals surface area contributed by atoms with Crippen molar-refractivity contribution in [3.8, 4) is 0 Å². The molecule has 0 radical (unpaired) electrons. The molecule has 2 amide bonds. The number of nitrogens with one attached hydrogen (secondary N) is 2. The first-order valence-electron chi connectivity index (χ1n) is 9.62. The standard InChI is InChI=1S/C23H17Cl2F3N2O3S/c1-22(33,23(26,27)28)21(32)30-19-11-10-17(12-18(19)25)34-16-8-6-15(7-9-16)29-20(31)13-2-4-14(24)5-3-13/h2-12,33H,1H3,(H,29,31)(H,30,32). The zero-order chi connectivity index (χ0) is 25.1. The van der Waals surface area contributed by atoms with E-state index in [0.29, 0.717) is 28.1 Å². The van der Waals surface area contributed by atoms with E-state index in [4.69, 9.17) is 23.2 Å². The van der Waals surface area contributed by atoms with Crippen LogP contribution in [0.2, 0.25) is 10.0 Å². The van der Waals surface area contributed by atoms with Crippen LogP contribution >= 0.6 is 35.0 Å². The van der Waals surface area contributed by atoms with Gasteiger partial charge in [0.15, 0.2) is 0 Å². The number of aliphatic hydroxyl groups is 1. The molecule has 0 aliphatic carbocycles. The Kier molecular flexibility index (Phi) is 7.82. The van der Waals surface area contributed by atoms with Gasteiger partial charge in [0, 0.05) is 26.1 Å². The average molecular weight is 529 g/mol. The lowest BCUT2D eigenvalue weighted by molar-refractivity contribution is -0.242. The minimum Gasteiger partial charge on any atom is -0.373 e. The molecule has 34 heavy (non-hydrogen) atoms. The third kappa shape index (κ3) is 6.24. The van der Waals surface area contributed by atoms with Gasteiger partial charge < -0.3 is 15.7 Å². The van der Waals surface area contributed by atoms with Crippen LogP contribution in [0.5, 0.6) is 0 Å². The van der Waals surface area contributed by atoms with Crippen molar-refractivity contribution in [1.82, 2.24) is 0 Å². The maximum Gasteiger partial charge on any atom is 0.426 e. The van der Waals surface area contributed by atoms with Crippen molar-refractivity contribution >= 4 is 58.2 Å². The largest absolute Gasteiger partial charge is 0.426 e. The van der Waals surface area contributed by atoms with E-state index in [-0.39, 0.29) is 16.6 Å². The summed E-state index contributed by atoms with van der Waals surface area (Å²) in [6.07, 6.45) is -5.14. The Balaban J connectivity index is 1.63. The molecule has 1 unspecified atom stereocenters. The molecule has 1 atom stereocenters. The molecule has 0 aliphatic rings. The second-order valence-electron chi connectivity index (χ2n) is 7.25. The highest BCUT2D eigenvalue weighted by molar-refractivity contribution is 7.99. The monoisotopic (exact) mass is 528 g/mol. The fraction of sp³-hybridized carbons (Fsp3) is 0.130. The van der Waals surface area contributed by atoms with Crippen LogP contribution in [-0.4, -0.2) is 28.7 Å². The third-order valence-electron chi connectivity index (χ3n) is 4.64. The van der Waals surface area contributed by atoms with E-state index in [1.165, 1.54) is 23.9 Å². The van der Waals surface area contributed by atoms with Crippen LogP contribution < -0.4 is 10.6 Å². The van der Waals surface area contributed by atoms with E-state index in [2.05, 4.69) is 5.32 Å². The van der Waals surface area contributed by atoms with Gasteiger partial charge in [-0.05, 0) is 73.7 Å². The molecule has 178 valence electrons. The highest BCUT2D eigenvalue weighted by atomic mass is 35.5. The molecule has 3 aromatic rings. The number of hydrogen-bond acceptors (Lipinski definition) is 4. The highest BCUT2D eigenvalue weighted by Gasteiger charge is 2.55. The molecule has 0 spiro atoms. The number of alkyl halides is 3. The molecule has 0 heterocycles. The summed E-state index contributed by atoms with van der Waals surface area (Å²) in [6.45, 7) is 0.363. The molecule has 0 aromatic heterocycles. The van der Waals surface area contributed by atoms with E-state index in [0.717, 1.165) is 4.90 Å². The predicted molar refractivity (Wildman–Crippen MR) is 127 cm³/mol. The highest BCUT2D eigenvalue weighted by Crippen LogP contribution is 2.35. The van der Waals surface area contributed by atoms with Gasteiger partial charge in [-0.3, -0.25) is 9.59 Å². The van der Waals surface area contributed by atoms with Crippen LogP contribution in [0.3, 0.4) is 0 Å². The molecule has 5 nitrogen and oxygen atoms in total. The van der Waals surface area contributed by atoms with Crippen molar-refractivity contribution in [2.45, 2.75) is 28.5 Å². The minimum absolute atomic E-state index is 0.00294. The molecule has 11 heteroatoms. The Morgan fingerprint density at radius 2 is 1.47 bits per heavy atom. The number of hydrogen-bond donors (Lipinski definition) is 3. The number of carbonyl (C=O) groups excluding carboxylic acids is 2. The van der Waals surface area contributed by atoms with Gasteiger partial charge in [-0.15, -0.1) is 0 Å². The van der Waals surface area contributed by atoms with E-state index in [1.54, 1.807) is 54.6 Å². The van der Waals surface area contributed by atoms with E-state index >= 15 is 0 Å². The number of anilines is 2. The number of halogens is 5. The molecule has 3 N–H and O–H groups in total. The molecular weight excluding hydrogens is 512 g/mol. The van der Waals surface area contributed by atoms with E-state index in [1.807, 2.05) is 5.32 Å². The van der Waals surface area contributed by atoms with Gasteiger partial charge in [0.1, 0.15) is 0 Å². The quantitative estimate of drug-likeness (QED) is 0.334. The predicted octanol–water partition coefficient (Wildman–Crippen LogP) is 6.65. The van der Waals surface area contributed by atoms with Crippen LogP contribution in [0.1, 0.15) is 17.3 Å². The summed E-state index contributed by atoms with van der Waals surface area (Å²) in [4.78, 5) is 25.6. The van der Waals surface area contributed by atoms with Crippen molar-refractivity contribution in [1.29, 1.82) is 0 Å². The molecule has 3 aromatic carbocycles. The van der Waals surface area contributed by atoms with Crippen LogP contribution in [-0.2, 0) is 4.79 Å². The lowest BCUT2D eigenvalue weighted by atomic mass is 10.1. The minimum atomic E-state index is -5.14. The van der Waals surface area contributed by atoms with Crippen molar-refractivity contribution < 1.29 is 27.9 Å². The smallest absolute Gasteiger partial charge is 0.373 e. The lowest BCUT2D eigenvalue weighted by Crippen LogP contribution is -2.52. The number of benzene rings is 3. The molecule has 0 aliphatic heterocycles. The number of carbonyl (C=O) groups is 2. The van der Waals surface area contributed by atoms with Crippen molar-refractivity contribution in [2.75, 3.05) is 10.6 Å². The van der Waals surface area contributed by atoms with Crippen molar-refractivity contribution in [2.24, 2.45) is 0 Å². The second kappa shape index (κ2) is 10.3. The van der Waals surface area contributed by atoms with Gasteiger partial charge in [-0.25, -0.2) is 0 Å². The van der Waals surface area contributed by atoms with Gasteiger partial charge in [-0.1, -0.05) is 35.0 Å². The maximum absolute atomic E-state index is 12.8. The Morgan fingerprint density at radius 1 is 0.882 bits per heavy atom. The summed E-state index contributed by atoms with van der Waals surface area (Å²) in [6, 6.07) is 17.8. The Morgan fingerprint density at radius 3 is 2.03 bits per heavy atom. The topological polar surface area (TPSA) is 78.4 Å². The fourth-order valence-corrected chi connectivity index (χ4v) is 3.86. The van der Waals surface area contributed by atoms with Crippen LogP contribution in [0.25, 0.3) is 0 Å². The second-order valence-corrected chi connectivity index (χ2v) is 9.24. The lowest BCUT2D eigenvalue weighted by Gasteiger charge is -2.25. The SMILES string of the molecule is CC(O)(C(=O)Nc1ccc(Sc2ccc(NC(=O)c3ccc(Cl)cc3)cc2)cc1Cl)C(F)(F)F. The Bertz CT molecular complexity index is 1200. The van der Waals surface area contributed by atoms with Gasteiger partial charge in [-0.2, -0.15) is 13.2 Å². The van der Waals surface area contributed by atoms with Gasteiger partial charge >= 0.3 is 6.18 Å². The zero-order valence-electron chi connectivity index (χ0n) is 17.4. The molecule has 0 bridgehead atoms. The summed E-state index contributed by atoms with van der Waals surface area (Å²) in [5.74, 6) is -1.93. The van der Waals surface area contributed by atoms with E-state index in [9.17, 15) is 27.9 Å². The Hall–Kier alpha value is -2.72. The molecule has 0 saturated heterocycles. The zero-order valence-corrected chi connectivity index (χ0v) is 19.7. The first-order valence-corrected chi connectivity index (χ1v) is 11.2. The van der Waals surface area contributed by atoms with Crippen LogP contribution in [0.15, 0.2) is 76.5 Å². The van der Waals surface area contributed by atoms with Crippen molar-refractivity contribution in [3.63, 3.8) is 0 Å². The van der Waals surface area contributed by atoms with E-state index < -0.39 is 17.7 Å². The van der Waals surface area contributed by atoms with Gasteiger partial charge in [0.05, 0.1) is 10.7 Å². The first-order chi connectivity index (χ1) is 15.9. The summed E-state index contributed by atoms with van der Waals surface area (Å²) in [7, 11) is 0. The van der Waals surface area contributed by atoms with Gasteiger partial charge in [0.25, 0.3) is 11.8 Å². The summed E-state index contributed by atoms with van der Waals surface area (Å²) >= 11 is 13.2. The average Bonchev–Trinajstić information content (AvgIpc) is 2.76. The van der Waals surface area contributed by atoms with Gasteiger partial charge in [0.2, 0.25) is 5.60 Å². The molecular formula is C23H17Cl2F3N2O3S. The number of rotatable bonds is 6. The Labute approximate surface area is 207 Å². The third-order valence-corrected chi connectivity index (χ3v) is 6.20. The fourth-order valence-electron chi connectivity index (χ4n) is 2.58. The molecule has 3 rings (SSSR count). The van der Waals surface area contributed by atoms with Crippen molar-refractivity contribution in [3.05, 3.63) is 82.3 Å². The van der Waals surface area contributed by atoms with Crippen LogP contribution in [0, 0.1) is 0 Å². The summed E-state index contributed by atoms with van der Waals surface area (Å²) in [5, 5.41) is 14.8.